The van der Waals surface area contributed by atoms with E-state index < -0.39 is 0 Å². The van der Waals surface area contributed by atoms with Gasteiger partial charge in [-0.25, -0.2) is 0 Å². The van der Waals surface area contributed by atoms with E-state index >= 15 is 0 Å². The molecule has 0 atom stereocenters. The van der Waals surface area contributed by atoms with Gasteiger partial charge in [-0.2, -0.15) is 0 Å². The average Bonchev–Trinajstić information content (AvgIpc) is 2.38. The summed E-state index contributed by atoms with van der Waals surface area (Å²) in [5.74, 6) is 0. The summed E-state index contributed by atoms with van der Waals surface area (Å²) in [7, 11) is 2.02. The van der Waals surface area contributed by atoms with Crippen LogP contribution in [0.4, 0.5) is 5.69 Å². The molecule has 98 valence electrons. The van der Waals surface area contributed by atoms with Gasteiger partial charge in [0.15, 0.2) is 0 Å². The quantitative estimate of drug-likeness (QED) is 0.782. The maximum atomic E-state index is 10.8. The average molecular weight is 274 g/mol. The number of carbonyl (C=O) groups is 1. The van der Waals surface area contributed by atoms with Crippen molar-refractivity contribution in [2.45, 2.75) is 13.5 Å². The van der Waals surface area contributed by atoms with Crippen molar-refractivity contribution in [1.82, 2.24) is 0 Å². The molecule has 0 saturated carbocycles. The summed E-state index contributed by atoms with van der Waals surface area (Å²) >= 11 is 5.98. The van der Waals surface area contributed by atoms with Gasteiger partial charge in [-0.05, 0) is 48.4 Å². The zero-order valence-corrected chi connectivity index (χ0v) is 11.8. The molecule has 0 radical (unpaired) electrons. The molecule has 2 aromatic carbocycles. The standard InChI is InChI=1S/C16H16ClNO/c1-12-8-16(7-6-14(12)11-19)18(2)10-13-4-3-5-15(17)9-13/h3-9,11H,10H2,1-2H3. The Bertz CT molecular complexity index is 595. The summed E-state index contributed by atoms with van der Waals surface area (Å²) in [5, 5.41) is 0.749. The van der Waals surface area contributed by atoms with E-state index in [1.165, 1.54) is 0 Å². The zero-order chi connectivity index (χ0) is 13.8. The fraction of sp³-hybridized carbons (Fsp3) is 0.188. The Balaban J connectivity index is 2.18. The van der Waals surface area contributed by atoms with E-state index in [1.54, 1.807) is 0 Å². The minimum Gasteiger partial charge on any atom is -0.370 e. The van der Waals surface area contributed by atoms with Crippen molar-refractivity contribution >= 4 is 23.6 Å². The molecule has 0 unspecified atom stereocenters. The van der Waals surface area contributed by atoms with Crippen LogP contribution in [0.2, 0.25) is 5.02 Å². The number of halogens is 1. The molecule has 2 aromatic rings. The first-order valence-corrected chi connectivity index (χ1v) is 6.49. The lowest BCUT2D eigenvalue weighted by atomic mass is 10.1. The largest absolute Gasteiger partial charge is 0.370 e. The van der Waals surface area contributed by atoms with Gasteiger partial charge in [0, 0.05) is 29.9 Å². The Kier molecular flexibility index (Phi) is 4.23. The monoisotopic (exact) mass is 273 g/mol. The summed E-state index contributed by atoms with van der Waals surface area (Å²) in [4.78, 5) is 12.9. The fourth-order valence-electron chi connectivity index (χ4n) is 2.03. The Hall–Kier alpha value is -1.80. The lowest BCUT2D eigenvalue weighted by Crippen LogP contribution is -2.16. The van der Waals surface area contributed by atoms with E-state index in [-0.39, 0.29) is 0 Å². The second kappa shape index (κ2) is 5.89. The van der Waals surface area contributed by atoms with E-state index in [0.29, 0.717) is 0 Å². The second-order valence-corrected chi connectivity index (χ2v) is 5.08. The first-order valence-electron chi connectivity index (χ1n) is 6.11. The molecule has 0 bridgehead atoms. The third-order valence-corrected chi connectivity index (χ3v) is 3.36. The number of anilines is 1. The minimum absolute atomic E-state index is 0.736. The molecular formula is C16H16ClNO. The number of nitrogens with zero attached hydrogens (tertiary/aromatic N) is 1. The van der Waals surface area contributed by atoms with Crippen LogP contribution in [0.15, 0.2) is 42.5 Å². The predicted molar refractivity (Wildman–Crippen MR) is 80.1 cm³/mol. The van der Waals surface area contributed by atoms with Gasteiger partial charge >= 0.3 is 0 Å². The zero-order valence-electron chi connectivity index (χ0n) is 11.1. The van der Waals surface area contributed by atoms with Gasteiger partial charge in [0.05, 0.1) is 0 Å². The van der Waals surface area contributed by atoms with Crippen molar-refractivity contribution in [2.75, 3.05) is 11.9 Å². The second-order valence-electron chi connectivity index (χ2n) is 4.64. The Morgan fingerprint density at radius 3 is 2.63 bits per heavy atom. The van der Waals surface area contributed by atoms with E-state index in [4.69, 9.17) is 11.6 Å². The van der Waals surface area contributed by atoms with E-state index in [1.807, 2.05) is 50.4 Å². The van der Waals surface area contributed by atoms with Crippen molar-refractivity contribution in [2.24, 2.45) is 0 Å². The highest BCUT2D eigenvalue weighted by Crippen LogP contribution is 2.20. The van der Waals surface area contributed by atoms with Crippen LogP contribution in [-0.4, -0.2) is 13.3 Å². The van der Waals surface area contributed by atoms with Crippen LogP contribution in [0.3, 0.4) is 0 Å². The van der Waals surface area contributed by atoms with Gasteiger partial charge in [-0.3, -0.25) is 4.79 Å². The molecule has 0 N–H and O–H groups in total. The van der Waals surface area contributed by atoms with Crippen LogP contribution < -0.4 is 4.90 Å². The van der Waals surface area contributed by atoms with Crippen LogP contribution in [0, 0.1) is 6.92 Å². The van der Waals surface area contributed by atoms with Crippen LogP contribution >= 0.6 is 11.6 Å². The van der Waals surface area contributed by atoms with Crippen LogP contribution in [0.5, 0.6) is 0 Å². The van der Waals surface area contributed by atoms with Crippen molar-refractivity contribution in [1.29, 1.82) is 0 Å². The SMILES string of the molecule is Cc1cc(N(C)Cc2cccc(Cl)c2)ccc1C=O. The molecule has 0 aromatic heterocycles. The molecule has 0 aliphatic carbocycles. The van der Waals surface area contributed by atoms with Crippen molar-refractivity contribution in [3.8, 4) is 0 Å². The Morgan fingerprint density at radius 1 is 1.21 bits per heavy atom. The van der Waals surface area contributed by atoms with Gasteiger partial charge in [-0.1, -0.05) is 23.7 Å². The fourth-order valence-corrected chi connectivity index (χ4v) is 2.24. The lowest BCUT2D eigenvalue weighted by molar-refractivity contribution is 0.112. The summed E-state index contributed by atoms with van der Waals surface area (Å²) in [6, 6.07) is 13.7. The number of hydrogen-bond donors (Lipinski definition) is 0. The molecule has 2 rings (SSSR count). The maximum absolute atomic E-state index is 10.8. The van der Waals surface area contributed by atoms with Crippen molar-refractivity contribution < 1.29 is 4.79 Å². The minimum atomic E-state index is 0.736. The molecular weight excluding hydrogens is 258 g/mol. The first-order chi connectivity index (χ1) is 9.10. The summed E-state index contributed by atoms with van der Waals surface area (Å²) in [6.07, 6.45) is 0.885. The number of carbonyl (C=O) groups excluding carboxylic acids is 1. The van der Waals surface area contributed by atoms with Crippen molar-refractivity contribution in [3.63, 3.8) is 0 Å². The van der Waals surface area contributed by atoms with Crippen molar-refractivity contribution in [3.05, 3.63) is 64.2 Å². The summed E-state index contributed by atoms with van der Waals surface area (Å²) in [6.45, 7) is 2.72. The number of rotatable bonds is 4. The van der Waals surface area contributed by atoms with Gasteiger partial charge in [0.1, 0.15) is 6.29 Å². The highest BCUT2D eigenvalue weighted by Gasteiger charge is 2.05. The number of hydrogen-bond acceptors (Lipinski definition) is 2. The number of benzene rings is 2. The molecule has 0 aliphatic heterocycles. The van der Waals surface area contributed by atoms with Crippen LogP contribution in [0.1, 0.15) is 21.5 Å². The number of aldehydes is 1. The molecule has 0 saturated heterocycles. The lowest BCUT2D eigenvalue weighted by Gasteiger charge is -2.20. The summed E-state index contributed by atoms with van der Waals surface area (Å²) in [5.41, 5.74) is 3.97. The third kappa shape index (κ3) is 3.36. The number of aryl methyl sites for hydroxylation is 1. The third-order valence-electron chi connectivity index (χ3n) is 3.13. The molecule has 3 heteroatoms. The topological polar surface area (TPSA) is 20.3 Å². The molecule has 2 nitrogen and oxygen atoms in total. The maximum Gasteiger partial charge on any atom is 0.150 e. The van der Waals surface area contributed by atoms with Gasteiger partial charge in [-0.15, -0.1) is 0 Å². The molecule has 0 amide bonds. The normalized spacial score (nSPS) is 10.3. The predicted octanol–water partition coefficient (Wildman–Crippen LogP) is 4.10. The van der Waals surface area contributed by atoms with Crippen LogP contribution in [-0.2, 0) is 6.54 Å². The highest BCUT2D eigenvalue weighted by molar-refractivity contribution is 6.30. The van der Waals surface area contributed by atoms with E-state index in [0.717, 1.165) is 40.2 Å². The smallest absolute Gasteiger partial charge is 0.150 e. The molecule has 19 heavy (non-hydrogen) atoms. The van der Waals surface area contributed by atoms with Gasteiger partial charge < -0.3 is 4.90 Å². The first kappa shape index (κ1) is 13.6. The Labute approximate surface area is 118 Å². The molecule has 0 aliphatic rings. The van der Waals surface area contributed by atoms with Crippen LogP contribution in [0.25, 0.3) is 0 Å². The molecule has 0 heterocycles. The van der Waals surface area contributed by atoms with Gasteiger partial charge in [0.2, 0.25) is 0 Å². The molecule has 0 spiro atoms. The van der Waals surface area contributed by atoms with Gasteiger partial charge in [0.25, 0.3) is 0 Å². The summed E-state index contributed by atoms with van der Waals surface area (Å²) < 4.78 is 0. The van der Waals surface area contributed by atoms with E-state index in [2.05, 4.69) is 11.0 Å². The molecule has 0 fully saturated rings. The van der Waals surface area contributed by atoms with E-state index in [9.17, 15) is 4.79 Å². The Morgan fingerprint density at radius 2 is 2.00 bits per heavy atom. The highest BCUT2D eigenvalue weighted by atomic mass is 35.5.